The zero-order chi connectivity index (χ0) is 15.4. The minimum absolute atomic E-state index is 0.213. The number of hydrogen-bond donors (Lipinski definition) is 0. The molecular weight excluding hydrogens is 286 g/mol. The van der Waals surface area contributed by atoms with Gasteiger partial charge in [0.05, 0.1) is 23.6 Å². The Hall–Kier alpha value is -1.59. The number of thioether (sulfide) groups is 1. The Morgan fingerprint density at radius 2 is 1.81 bits per heavy atom. The van der Waals surface area contributed by atoms with E-state index in [0.717, 1.165) is 5.56 Å². The molecule has 4 nitrogen and oxygen atoms in total. The van der Waals surface area contributed by atoms with Crippen LogP contribution in [0.15, 0.2) is 35.2 Å². The molecule has 21 heavy (non-hydrogen) atoms. The number of amides is 2. The predicted octanol–water partition coefficient (Wildman–Crippen LogP) is 2.55. The maximum Gasteiger partial charge on any atom is 0.268 e. The summed E-state index contributed by atoms with van der Waals surface area (Å²) < 4.78 is 4.99. The summed E-state index contributed by atoms with van der Waals surface area (Å²) in [5, 5.41) is 0.234. The number of benzene rings is 1. The summed E-state index contributed by atoms with van der Waals surface area (Å²) in [5.41, 5.74) is 1.30. The van der Waals surface area contributed by atoms with Gasteiger partial charge in [-0.3, -0.25) is 14.5 Å². The van der Waals surface area contributed by atoms with E-state index in [0.29, 0.717) is 17.1 Å². The van der Waals surface area contributed by atoms with Gasteiger partial charge < -0.3 is 4.74 Å². The van der Waals surface area contributed by atoms with Crippen LogP contribution in [0.1, 0.15) is 19.4 Å². The number of methoxy groups -OCH3 is 1. The molecule has 1 aromatic carbocycles. The molecule has 1 aliphatic heterocycles. The molecule has 2 rings (SSSR count). The minimum atomic E-state index is -0.230. The van der Waals surface area contributed by atoms with Gasteiger partial charge in [0.25, 0.3) is 11.8 Å². The van der Waals surface area contributed by atoms with Gasteiger partial charge in [-0.25, -0.2) is 0 Å². The molecule has 5 heteroatoms. The first-order chi connectivity index (χ1) is 10.1. The number of hydrogen-bond acceptors (Lipinski definition) is 4. The van der Waals surface area contributed by atoms with E-state index >= 15 is 0 Å². The maximum absolute atomic E-state index is 12.6. The van der Waals surface area contributed by atoms with E-state index in [-0.39, 0.29) is 23.6 Å². The lowest BCUT2D eigenvalue weighted by atomic mass is 10.1. The van der Waals surface area contributed by atoms with Crippen LogP contribution in [0.5, 0.6) is 0 Å². The van der Waals surface area contributed by atoms with Crippen molar-refractivity contribution in [3.05, 3.63) is 40.8 Å². The minimum Gasteiger partial charge on any atom is -0.383 e. The van der Waals surface area contributed by atoms with Crippen LogP contribution in [0.25, 0.3) is 5.57 Å². The summed E-state index contributed by atoms with van der Waals surface area (Å²) in [7, 11) is 1.56. The molecule has 0 spiro atoms. The molecule has 0 N–H and O–H groups in total. The van der Waals surface area contributed by atoms with Crippen LogP contribution in [0, 0.1) is 0 Å². The zero-order valence-corrected chi connectivity index (χ0v) is 13.3. The van der Waals surface area contributed by atoms with Crippen LogP contribution in [-0.4, -0.2) is 42.2 Å². The molecule has 1 aromatic rings. The van der Waals surface area contributed by atoms with E-state index in [9.17, 15) is 9.59 Å². The molecule has 112 valence electrons. The van der Waals surface area contributed by atoms with E-state index in [2.05, 4.69) is 0 Å². The van der Waals surface area contributed by atoms with E-state index in [1.807, 2.05) is 44.2 Å². The molecule has 0 saturated carbocycles. The lowest BCUT2D eigenvalue weighted by molar-refractivity contribution is -0.137. The fourth-order valence-corrected chi connectivity index (χ4v) is 3.15. The molecule has 0 unspecified atom stereocenters. The highest BCUT2D eigenvalue weighted by Gasteiger charge is 2.39. The Bertz CT molecular complexity index is 566. The first-order valence-corrected chi connectivity index (χ1v) is 7.75. The smallest absolute Gasteiger partial charge is 0.268 e. The Balaban J connectivity index is 2.41. The first kappa shape index (κ1) is 15.8. The Labute approximate surface area is 129 Å². The summed E-state index contributed by atoms with van der Waals surface area (Å²) in [4.78, 5) is 26.9. The van der Waals surface area contributed by atoms with Crippen molar-refractivity contribution in [3.8, 4) is 0 Å². The van der Waals surface area contributed by atoms with Crippen LogP contribution in [0.3, 0.4) is 0 Å². The summed E-state index contributed by atoms with van der Waals surface area (Å²) in [6.45, 7) is 4.65. The number of rotatable bonds is 6. The largest absolute Gasteiger partial charge is 0.383 e. The third kappa shape index (κ3) is 3.36. The van der Waals surface area contributed by atoms with Crippen molar-refractivity contribution in [2.45, 2.75) is 19.1 Å². The molecule has 1 aliphatic rings. The second-order valence-electron chi connectivity index (χ2n) is 4.99. The second-order valence-corrected chi connectivity index (χ2v) is 6.58. The Kier molecular flexibility index (Phi) is 5.20. The van der Waals surface area contributed by atoms with E-state index in [1.165, 1.54) is 16.7 Å². The van der Waals surface area contributed by atoms with Crippen LogP contribution in [0.2, 0.25) is 0 Å². The maximum atomic E-state index is 12.6. The highest BCUT2D eigenvalue weighted by atomic mass is 32.2. The Morgan fingerprint density at radius 1 is 1.14 bits per heavy atom. The SMILES string of the molecule is COCCN1C(=O)C(SC(C)C)=C(c2ccccc2)C1=O. The number of ether oxygens (including phenoxy) is 1. The lowest BCUT2D eigenvalue weighted by Crippen LogP contribution is -2.34. The second kappa shape index (κ2) is 6.91. The van der Waals surface area contributed by atoms with E-state index < -0.39 is 0 Å². The standard InChI is InChI=1S/C16H19NO3S/c1-11(2)21-14-13(12-7-5-4-6-8-12)15(18)17(16(14)19)9-10-20-3/h4-8,11H,9-10H2,1-3H3. The quantitative estimate of drug-likeness (QED) is 0.758. The van der Waals surface area contributed by atoms with E-state index in [4.69, 9.17) is 4.74 Å². The highest BCUT2D eigenvalue weighted by Crippen LogP contribution is 2.37. The normalized spacial score (nSPS) is 15.5. The molecule has 0 atom stereocenters. The van der Waals surface area contributed by atoms with Crippen molar-refractivity contribution in [1.29, 1.82) is 0 Å². The zero-order valence-electron chi connectivity index (χ0n) is 12.5. The molecular formula is C16H19NO3S. The van der Waals surface area contributed by atoms with Gasteiger partial charge in [-0.05, 0) is 5.56 Å². The van der Waals surface area contributed by atoms with Crippen LogP contribution in [0.4, 0.5) is 0 Å². The summed E-state index contributed by atoms with van der Waals surface area (Å²) in [5.74, 6) is -0.444. The number of imide groups is 1. The van der Waals surface area contributed by atoms with Crippen molar-refractivity contribution >= 4 is 29.1 Å². The average Bonchev–Trinajstić information content (AvgIpc) is 2.69. The number of nitrogens with zero attached hydrogens (tertiary/aromatic N) is 1. The van der Waals surface area contributed by atoms with Crippen molar-refractivity contribution in [3.63, 3.8) is 0 Å². The fraction of sp³-hybridized carbons (Fsp3) is 0.375. The van der Waals surface area contributed by atoms with Gasteiger partial charge >= 0.3 is 0 Å². The van der Waals surface area contributed by atoms with Crippen LogP contribution >= 0.6 is 11.8 Å². The van der Waals surface area contributed by atoms with Crippen LogP contribution < -0.4 is 0 Å². The van der Waals surface area contributed by atoms with Crippen LogP contribution in [-0.2, 0) is 14.3 Å². The third-order valence-electron chi connectivity index (χ3n) is 3.06. The molecule has 0 fully saturated rings. The topological polar surface area (TPSA) is 46.6 Å². The lowest BCUT2D eigenvalue weighted by Gasteiger charge is -2.14. The summed E-state index contributed by atoms with van der Waals surface area (Å²) in [6.07, 6.45) is 0. The summed E-state index contributed by atoms with van der Waals surface area (Å²) >= 11 is 1.44. The van der Waals surface area contributed by atoms with Gasteiger partial charge in [-0.1, -0.05) is 44.2 Å². The predicted molar refractivity (Wildman–Crippen MR) is 84.7 cm³/mol. The third-order valence-corrected chi connectivity index (χ3v) is 4.15. The van der Waals surface area contributed by atoms with Gasteiger partial charge in [0, 0.05) is 12.4 Å². The van der Waals surface area contributed by atoms with Gasteiger partial charge in [-0.15, -0.1) is 11.8 Å². The Morgan fingerprint density at radius 3 is 2.38 bits per heavy atom. The molecule has 0 aliphatic carbocycles. The van der Waals surface area contributed by atoms with Crippen molar-refractivity contribution in [2.24, 2.45) is 0 Å². The molecule has 2 amide bonds. The van der Waals surface area contributed by atoms with Crippen molar-refractivity contribution < 1.29 is 14.3 Å². The first-order valence-electron chi connectivity index (χ1n) is 6.87. The molecule has 0 radical (unpaired) electrons. The highest BCUT2D eigenvalue weighted by molar-refractivity contribution is 8.04. The van der Waals surface area contributed by atoms with Gasteiger partial charge in [0.1, 0.15) is 0 Å². The van der Waals surface area contributed by atoms with E-state index in [1.54, 1.807) is 7.11 Å². The van der Waals surface area contributed by atoms with Crippen molar-refractivity contribution in [2.75, 3.05) is 20.3 Å². The molecule has 1 heterocycles. The molecule has 0 bridgehead atoms. The monoisotopic (exact) mass is 305 g/mol. The van der Waals surface area contributed by atoms with Gasteiger partial charge in [0.2, 0.25) is 0 Å². The van der Waals surface area contributed by atoms with Gasteiger partial charge in [0.15, 0.2) is 0 Å². The fourth-order valence-electron chi connectivity index (χ4n) is 2.14. The molecule has 0 saturated heterocycles. The number of carbonyl (C=O) groups is 2. The number of carbonyl (C=O) groups excluding carboxylic acids is 2. The summed E-state index contributed by atoms with van der Waals surface area (Å²) in [6, 6.07) is 9.36. The average molecular weight is 305 g/mol. The molecule has 0 aromatic heterocycles. The van der Waals surface area contributed by atoms with Gasteiger partial charge in [-0.2, -0.15) is 0 Å². The van der Waals surface area contributed by atoms with Crippen molar-refractivity contribution in [1.82, 2.24) is 4.90 Å².